The monoisotopic (exact) mass is 384 g/mol. The van der Waals surface area contributed by atoms with E-state index in [0.717, 1.165) is 44.1 Å². The quantitative estimate of drug-likeness (QED) is 0.341. The lowest BCUT2D eigenvalue weighted by Crippen LogP contribution is -1.94. The Bertz CT molecular complexity index is 1530. The van der Waals surface area contributed by atoms with Gasteiger partial charge in [-0.15, -0.1) is 0 Å². The summed E-state index contributed by atoms with van der Waals surface area (Å²) in [7, 11) is 0. The van der Waals surface area contributed by atoms with Gasteiger partial charge in [-0.1, -0.05) is 72.8 Å². The number of hydrogen-bond donors (Lipinski definition) is 0. The van der Waals surface area contributed by atoms with Crippen LogP contribution in [-0.4, -0.2) is 19.9 Å². The van der Waals surface area contributed by atoms with Crippen molar-refractivity contribution in [1.82, 2.24) is 19.9 Å². The summed E-state index contributed by atoms with van der Waals surface area (Å²) in [5.41, 5.74) is 4.56. The van der Waals surface area contributed by atoms with Crippen LogP contribution in [0.25, 0.3) is 55.4 Å². The standard InChI is InChI=1S/C26H16N4/c1-2-7-17(8-3-1)23-20-10-5-4-9-19(20)21-13-11-18-12-14-22(26-27-15-6-16-28-26)29-24(18)25(21)30-23/h1-16H. The highest BCUT2D eigenvalue weighted by atomic mass is 14.9. The maximum absolute atomic E-state index is 5.13. The molecule has 4 heteroatoms. The molecule has 0 spiro atoms. The van der Waals surface area contributed by atoms with Gasteiger partial charge in [0.15, 0.2) is 5.82 Å². The zero-order chi connectivity index (χ0) is 19.9. The summed E-state index contributed by atoms with van der Waals surface area (Å²) in [5.74, 6) is 0.612. The highest BCUT2D eigenvalue weighted by Gasteiger charge is 2.14. The molecule has 3 heterocycles. The molecule has 0 unspecified atom stereocenters. The van der Waals surface area contributed by atoms with E-state index in [9.17, 15) is 0 Å². The molecule has 6 aromatic rings. The zero-order valence-electron chi connectivity index (χ0n) is 16.0. The Morgan fingerprint density at radius 2 is 1.23 bits per heavy atom. The summed E-state index contributed by atoms with van der Waals surface area (Å²) < 4.78 is 0. The predicted octanol–water partition coefficient (Wildman–Crippen LogP) is 6.06. The fourth-order valence-corrected chi connectivity index (χ4v) is 3.97. The minimum Gasteiger partial charge on any atom is -0.245 e. The molecule has 140 valence electrons. The van der Waals surface area contributed by atoms with Gasteiger partial charge >= 0.3 is 0 Å². The maximum atomic E-state index is 5.13. The van der Waals surface area contributed by atoms with E-state index in [2.05, 4.69) is 64.6 Å². The van der Waals surface area contributed by atoms with Gasteiger partial charge in [0, 0.05) is 34.1 Å². The molecule has 0 fully saturated rings. The van der Waals surface area contributed by atoms with Crippen LogP contribution < -0.4 is 0 Å². The van der Waals surface area contributed by atoms with E-state index < -0.39 is 0 Å². The van der Waals surface area contributed by atoms with Gasteiger partial charge in [0.1, 0.15) is 5.69 Å². The average Bonchev–Trinajstić information content (AvgIpc) is 2.84. The molecule has 0 aliphatic rings. The number of fused-ring (bicyclic) bond motifs is 5. The zero-order valence-corrected chi connectivity index (χ0v) is 16.0. The molecule has 3 aromatic heterocycles. The second-order valence-corrected chi connectivity index (χ2v) is 7.17. The van der Waals surface area contributed by atoms with Gasteiger partial charge in [0.2, 0.25) is 0 Å². The van der Waals surface area contributed by atoms with Crippen molar-refractivity contribution in [1.29, 1.82) is 0 Å². The van der Waals surface area contributed by atoms with Crippen LogP contribution in [0.5, 0.6) is 0 Å². The van der Waals surface area contributed by atoms with E-state index in [1.165, 1.54) is 5.39 Å². The van der Waals surface area contributed by atoms with Crippen molar-refractivity contribution < 1.29 is 0 Å². The van der Waals surface area contributed by atoms with Crippen molar-refractivity contribution in [2.24, 2.45) is 0 Å². The Labute approximate surface area is 172 Å². The van der Waals surface area contributed by atoms with Crippen LogP contribution in [0.2, 0.25) is 0 Å². The molecule has 0 atom stereocenters. The van der Waals surface area contributed by atoms with E-state index in [0.29, 0.717) is 5.82 Å². The molecule has 0 saturated heterocycles. The van der Waals surface area contributed by atoms with Crippen molar-refractivity contribution in [2.75, 3.05) is 0 Å². The second kappa shape index (κ2) is 6.71. The van der Waals surface area contributed by atoms with Crippen LogP contribution in [0.15, 0.2) is 97.3 Å². The molecule has 0 radical (unpaired) electrons. The first-order valence-corrected chi connectivity index (χ1v) is 9.83. The van der Waals surface area contributed by atoms with E-state index in [1.807, 2.05) is 24.3 Å². The van der Waals surface area contributed by atoms with Crippen molar-refractivity contribution in [3.8, 4) is 22.8 Å². The van der Waals surface area contributed by atoms with Gasteiger partial charge < -0.3 is 0 Å². The summed E-state index contributed by atoms with van der Waals surface area (Å²) in [5, 5.41) is 4.45. The number of pyridine rings is 2. The van der Waals surface area contributed by atoms with E-state index >= 15 is 0 Å². The van der Waals surface area contributed by atoms with Gasteiger partial charge in [-0.3, -0.25) is 0 Å². The number of benzene rings is 3. The predicted molar refractivity (Wildman–Crippen MR) is 121 cm³/mol. The van der Waals surface area contributed by atoms with Gasteiger partial charge in [-0.2, -0.15) is 0 Å². The molecule has 4 nitrogen and oxygen atoms in total. The Morgan fingerprint density at radius 3 is 2.07 bits per heavy atom. The van der Waals surface area contributed by atoms with Crippen LogP contribution in [0.3, 0.4) is 0 Å². The topological polar surface area (TPSA) is 51.6 Å². The molecule has 0 bridgehead atoms. The van der Waals surface area contributed by atoms with Crippen LogP contribution in [0.4, 0.5) is 0 Å². The SMILES string of the molecule is c1ccc(-c2nc3c(ccc4ccc(-c5ncccn5)nc43)c3ccccc23)cc1. The molecular formula is C26H16N4. The Balaban J connectivity index is 1.74. The first-order chi connectivity index (χ1) is 14.9. The van der Waals surface area contributed by atoms with Crippen LogP contribution in [0.1, 0.15) is 0 Å². The Kier molecular flexibility index (Phi) is 3.74. The molecular weight excluding hydrogens is 368 g/mol. The molecule has 0 N–H and O–H groups in total. The largest absolute Gasteiger partial charge is 0.245 e. The van der Waals surface area contributed by atoms with Crippen molar-refractivity contribution in [2.45, 2.75) is 0 Å². The maximum Gasteiger partial charge on any atom is 0.178 e. The van der Waals surface area contributed by atoms with Gasteiger partial charge in [-0.25, -0.2) is 19.9 Å². The van der Waals surface area contributed by atoms with Crippen LogP contribution in [0, 0.1) is 0 Å². The third kappa shape index (κ3) is 2.62. The minimum atomic E-state index is 0.612. The molecule has 3 aromatic carbocycles. The second-order valence-electron chi connectivity index (χ2n) is 7.17. The number of hydrogen-bond acceptors (Lipinski definition) is 4. The summed E-state index contributed by atoms with van der Waals surface area (Å²) >= 11 is 0. The van der Waals surface area contributed by atoms with E-state index in [1.54, 1.807) is 18.5 Å². The van der Waals surface area contributed by atoms with Crippen LogP contribution in [-0.2, 0) is 0 Å². The highest BCUT2D eigenvalue weighted by Crippen LogP contribution is 2.35. The lowest BCUT2D eigenvalue weighted by Gasteiger charge is -2.12. The van der Waals surface area contributed by atoms with E-state index in [-0.39, 0.29) is 0 Å². The lowest BCUT2D eigenvalue weighted by molar-refractivity contribution is 1.15. The van der Waals surface area contributed by atoms with Crippen molar-refractivity contribution >= 4 is 32.6 Å². The summed E-state index contributed by atoms with van der Waals surface area (Å²) in [6, 6.07) is 28.8. The van der Waals surface area contributed by atoms with Gasteiger partial charge in [0.05, 0.1) is 16.7 Å². The van der Waals surface area contributed by atoms with Crippen molar-refractivity contribution in [3.63, 3.8) is 0 Å². The number of nitrogens with zero attached hydrogens (tertiary/aromatic N) is 4. The molecule has 0 aliphatic heterocycles. The highest BCUT2D eigenvalue weighted by molar-refractivity contribution is 6.17. The molecule has 0 saturated carbocycles. The van der Waals surface area contributed by atoms with Crippen LogP contribution >= 0.6 is 0 Å². The molecule has 0 aliphatic carbocycles. The molecule has 30 heavy (non-hydrogen) atoms. The lowest BCUT2D eigenvalue weighted by atomic mass is 9.99. The Morgan fingerprint density at radius 1 is 0.500 bits per heavy atom. The fourth-order valence-electron chi connectivity index (χ4n) is 3.97. The number of rotatable bonds is 2. The molecule has 6 rings (SSSR count). The summed E-state index contributed by atoms with van der Waals surface area (Å²) in [4.78, 5) is 18.8. The normalized spacial score (nSPS) is 11.3. The first kappa shape index (κ1) is 16.7. The number of aromatic nitrogens is 4. The van der Waals surface area contributed by atoms with E-state index in [4.69, 9.17) is 9.97 Å². The summed E-state index contributed by atoms with van der Waals surface area (Å²) in [6.45, 7) is 0. The van der Waals surface area contributed by atoms with Gasteiger partial charge in [-0.05, 0) is 17.5 Å². The smallest absolute Gasteiger partial charge is 0.178 e. The van der Waals surface area contributed by atoms with Crippen molar-refractivity contribution in [3.05, 3.63) is 97.3 Å². The minimum absolute atomic E-state index is 0.612. The van der Waals surface area contributed by atoms with Gasteiger partial charge in [0.25, 0.3) is 0 Å². The third-order valence-electron chi connectivity index (χ3n) is 5.37. The Hall–Kier alpha value is -4.18. The first-order valence-electron chi connectivity index (χ1n) is 9.83. The fraction of sp³-hybridized carbons (Fsp3) is 0. The average molecular weight is 384 g/mol. The third-order valence-corrected chi connectivity index (χ3v) is 5.37. The summed E-state index contributed by atoms with van der Waals surface area (Å²) in [6.07, 6.45) is 3.47. The molecule has 0 amide bonds.